The van der Waals surface area contributed by atoms with Gasteiger partial charge in [-0.15, -0.1) is 0 Å². The van der Waals surface area contributed by atoms with Gasteiger partial charge in [0.1, 0.15) is 0 Å². The van der Waals surface area contributed by atoms with Crippen LogP contribution in [0.1, 0.15) is 16.7 Å². The van der Waals surface area contributed by atoms with Crippen LogP contribution in [0.3, 0.4) is 0 Å². The lowest BCUT2D eigenvalue weighted by atomic mass is 10.0. The minimum Gasteiger partial charge on any atom is -0.0635 e. The maximum absolute atomic E-state index is 2.23. The van der Waals surface area contributed by atoms with Gasteiger partial charge in [0.25, 0.3) is 0 Å². The van der Waals surface area contributed by atoms with Crippen LogP contribution in [0.15, 0.2) is 91.0 Å². The monoisotopic (exact) mass is 272 g/mol. The van der Waals surface area contributed by atoms with Crippen molar-refractivity contribution in [3.05, 3.63) is 102 Å². The first-order valence-electron chi connectivity index (χ1n) is 6.85. The molecule has 0 atom stereocenters. The van der Waals surface area contributed by atoms with Crippen LogP contribution < -0.4 is 5.19 Å². The first kappa shape index (κ1) is 12.9. The standard InChI is InChI=1S/C19H16Si/c1-4-10-16(11-5-1)19(17-12-6-2-7-13-17)20-18-14-8-3-9-15-18/h1-15,19H. The van der Waals surface area contributed by atoms with Gasteiger partial charge < -0.3 is 0 Å². The third-order valence-corrected chi connectivity index (χ3v) is 4.97. The molecule has 1 heteroatoms. The van der Waals surface area contributed by atoms with Crippen molar-refractivity contribution in [2.45, 2.75) is 5.54 Å². The van der Waals surface area contributed by atoms with E-state index in [4.69, 9.17) is 0 Å². The highest BCUT2D eigenvalue weighted by molar-refractivity contribution is 6.55. The molecule has 20 heavy (non-hydrogen) atoms. The van der Waals surface area contributed by atoms with Gasteiger partial charge in [0.2, 0.25) is 0 Å². The van der Waals surface area contributed by atoms with Gasteiger partial charge in [-0.2, -0.15) is 0 Å². The third kappa shape index (κ3) is 3.06. The van der Waals surface area contributed by atoms with E-state index in [1.807, 2.05) is 0 Å². The number of rotatable bonds is 4. The first-order chi connectivity index (χ1) is 9.93. The molecule has 0 aliphatic heterocycles. The van der Waals surface area contributed by atoms with Crippen molar-refractivity contribution >= 4 is 14.7 Å². The minimum atomic E-state index is 0.444. The predicted octanol–water partition coefficient (Wildman–Crippen LogP) is 3.81. The lowest BCUT2D eigenvalue weighted by Gasteiger charge is -2.17. The van der Waals surface area contributed by atoms with Crippen molar-refractivity contribution in [1.82, 2.24) is 0 Å². The highest BCUT2D eigenvalue weighted by Crippen LogP contribution is 2.23. The summed E-state index contributed by atoms with van der Waals surface area (Å²) in [6.45, 7) is 0. The molecule has 0 amide bonds. The van der Waals surface area contributed by atoms with Crippen molar-refractivity contribution in [1.29, 1.82) is 0 Å². The molecule has 0 aliphatic carbocycles. The average Bonchev–Trinajstić information content (AvgIpc) is 2.55. The van der Waals surface area contributed by atoms with Crippen molar-refractivity contribution in [3.63, 3.8) is 0 Å². The third-order valence-electron chi connectivity index (χ3n) is 3.35. The van der Waals surface area contributed by atoms with Crippen LogP contribution in [0.2, 0.25) is 0 Å². The normalized spacial score (nSPS) is 10.7. The fraction of sp³-hybridized carbons (Fsp3) is 0.0526. The molecule has 0 heterocycles. The lowest BCUT2D eigenvalue weighted by Crippen LogP contribution is -2.22. The quantitative estimate of drug-likeness (QED) is 0.634. The van der Waals surface area contributed by atoms with E-state index < -0.39 is 0 Å². The Labute approximate surface area is 122 Å². The summed E-state index contributed by atoms with van der Waals surface area (Å²) in [6.07, 6.45) is 0. The molecular formula is C19H16Si. The van der Waals surface area contributed by atoms with Gasteiger partial charge in [0.15, 0.2) is 0 Å². The smallest absolute Gasteiger partial charge is 0.0635 e. The Morgan fingerprint density at radius 3 is 1.35 bits per heavy atom. The van der Waals surface area contributed by atoms with Crippen molar-refractivity contribution < 1.29 is 0 Å². The Kier molecular flexibility index (Phi) is 4.09. The van der Waals surface area contributed by atoms with Gasteiger partial charge in [-0.3, -0.25) is 0 Å². The van der Waals surface area contributed by atoms with Gasteiger partial charge in [0.05, 0.1) is 9.52 Å². The number of hydrogen-bond acceptors (Lipinski definition) is 0. The number of benzene rings is 3. The summed E-state index contributed by atoms with van der Waals surface area (Å²) < 4.78 is 0. The fourth-order valence-corrected chi connectivity index (χ4v) is 3.79. The first-order valence-corrected chi connectivity index (χ1v) is 7.93. The molecule has 0 nitrogen and oxygen atoms in total. The van der Waals surface area contributed by atoms with Crippen LogP contribution in [0, 0.1) is 0 Å². The Bertz CT molecular complexity index is 593. The van der Waals surface area contributed by atoms with E-state index in [1.54, 1.807) is 0 Å². The zero-order valence-corrected chi connectivity index (χ0v) is 12.2. The molecule has 0 spiro atoms. The molecule has 3 rings (SSSR count). The second-order valence-corrected chi connectivity index (χ2v) is 6.21. The predicted molar refractivity (Wildman–Crippen MR) is 86.6 cm³/mol. The SMILES string of the molecule is c1ccc([Si]C(c2ccccc2)c2ccccc2)cc1. The Morgan fingerprint density at radius 1 is 0.500 bits per heavy atom. The van der Waals surface area contributed by atoms with E-state index in [-0.39, 0.29) is 0 Å². The van der Waals surface area contributed by atoms with Crippen molar-refractivity contribution in [2.24, 2.45) is 0 Å². The summed E-state index contributed by atoms with van der Waals surface area (Å²) in [7, 11) is 0.750. The van der Waals surface area contributed by atoms with Gasteiger partial charge in [-0.1, -0.05) is 96.2 Å². The van der Waals surface area contributed by atoms with E-state index in [2.05, 4.69) is 91.0 Å². The molecule has 0 aromatic heterocycles. The van der Waals surface area contributed by atoms with Crippen molar-refractivity contribution in [2.75, 3.05) is 0 Å². The molecule has 96 valence electrons. The summed E-state index contributed by atoms with van der Waals surface area (Å²) in [5.74, 6) is 0. The molecule has 0 N–H and O–H groups in total. The molecule has 0 saturated heterocycles. The maximum atomic E-state index is 2.23. The molecule has 0 fully saturated rings. The maximum Gasteiger partial charge on any atom is 0.0948 e. The topological polar surface area (TPSA) is 0 Å². The number of hydrogen-bond donors (Lipinski definition) is 0. The summed E-state index contributed by atoms with van der Waals surface area (Å²) in [5, 5.41) is 1.41. The zero-order chi connectivity index (χ0) is 13.6. The molecule has 2 radical (unpaired) electrons. The van der Waals surface area contributed by atoms with Gasteiger partial charge in [-0.25, -0.2) is 0 Å². The van der Waals surface area contributed by atoms with Gasteiger partial charge >= 0.3 is 0 Å². The lowest BCUT2D eigenvalue weighted by molar-refractivity contribution is 1.13. The van der Waals surface area contributed by atoms with Crippen LogP contribution in [0.25, 0.3) is 0 Å². The van der Waals surface area contributed by atoms with Gasteiger partial charge in [0, 0.05) is 5.54 Å². The molecule has 3 aromatic carbocycles. The summed E-state index contributed by atoms with van der Waals surface area (Å²) in [6, 6.07) is 32.3. The molecule has 0 saturated carbocycles. The highest BCUT2D eigenvalue weighted by atomic mass is 28.2. The Morgan fingerprint density at radius 2 is 0.900 bits per heavy atom. The van der Waals surface area contributed by atoms with Crippen LogP contribution in [0.4, 0.5) is 0 Å². The van der Waals surface area contributed by atoms with Crippen LogP contribution in [-0.4, -0.2) is 9.52 Å². The Hall–Kier alpha value is -2.12. The molecular weight excluding hydrogens is 256 g/mol. The fourth-order valence-electron chi connectivity index (χ4n) is 2.35. The second-order valence-electron chi connectivity index (χ2n) is 4.76. The van der Waals surface area contributed by atoms with E-state index in [1.165, 1.54) is 16.3 Å². The largest absolute Gasteiger partial charge is 0.0948 e. The zero-order valence-electron chi connectivity index (χ0n) is 11.2. The van der Waals surface area contributed by atoms with E-state index in [0.29, 0.717) is 5.54 Å². The van der Waals surface area contributed by atoms with Crippen LogP contribution >= 0.6 is 0 Å². The average molecular weight is 272 g/mol. The van der Waals surface area contributed by atoms with E-state index in [0.717, 1.165) is 9.52 Å². The van der Waals surface area contributed by atoms with Crippen LogP contribution in [-0.2, 0) is 0 Å². The molecule has 0 bridgehead atoms. The second kappa shape index (κ2) is 6.35. The highest BCUT2D eigenvalue weighted by Gasteiger charge is 2.15. The van der Waals surface area contributed by atoms with Crippen LogP contribution in [0.5, 0.6) is 0 Å². The summed E-state index contributed by atoms with van der Waals surface area (Å²) in [4.78, 5) is 0. The molecule has 0 unspecified atom stereocenters. The Balaban J connectivity index is 1.96. The van der Waals surface area contributed by atoms with E-state index in [9.17, 15) is 0 Å². The summed E-state index contributed by atoms with van der Waals surface area (Å²) in [5.41, 5.74) is 3.22. The van der Waals surface area contributed by atoms with E-state index >= 15 is 0 Å². The van der Waals surface area contributed by atoms with Crippen molar-refractivity contribution in [3.8, 4) is 0 Å². The molecule has 0 aliphatic rings. The molecule has 3 aromatic rings. The van der Waals surface area contributed by atoms with Gasteiger partial charge in [-0.05, 0) is 11.1 Å². The minimum absolute atomic E-state index is 0.444. The summed E-state index contributed by atoms with van der Waals surface area (Å²) >= 11 is 0.